The highest BCUT2D eigenvalue weighted by atomic mass is 79.9. The van der Waals surface area contributed by atoms with Gasteiger partial charge < -0.3 is 37.2 Å². The lowest BCUT2D eigenvalue weighted by Gasteiger charge is -2.32. The Hall–Kier alpha value is -3.42. The first-order chi connectivity index (χ1) is 38.0. The molecule has 8 heterocycles. The molecule has 0 radical (unpaired) electrons. The predicted octanol–water partition coefficient (Wildman–Crippen LogP) is 18.5. The van der Waals surface area contributed by atoms with Gasteiger partial charge in [-0.3, -0.25) is 19.9 Å². The number of pyridine rings is 4. The summed E-state index contributed by atoms with van der Waals surface area (Å²) in [4.78, 5) is 17.1. The average Bonchev–Trinajstić information content (AvgIpc) is 1.65. The second-order valence-electron chi connectivity index (χ2n) is 24.5. The Kier molecular flexibility index (Phi) is 24.8. The van der Waals surface area contributed by atoms with E-state index >= 15 is 0 Å². The van der Waals surface area contributed by atoms with Crippen LogP contribution in [0, 0.1) is 0 Å². The molecule has 4 aliphatic heterocycles. The Morgan fingerprint density at radius 2 is 0.663 bits per heavy atom. The van der Waals surface area contributed by atoms with Crippen molar-refractivity contribution in [3.63, 3.8) is 0 Å². The number of rotatable bonds is 3. The number of halogens is 6. The van der Waals surface area contributed by atoms with E-state index in [-0.39, 0.29) is 74.5 Å². The molecule has 0 spiro atoms. The van der Waals surface area contributed by atoms with Gasteiger partial charge >= 0.3 is 28.3 Å². The molecule has 4 saturated heterocycles. The second-order valence-corrected chi connectivity index (χ2v) is 27.9. The van der Waals surface area contributed by atoms with Crippen LogP contribution in [0.5, 0.6) is 0 Å². The maximum atomic E-state index is 6.33. The summed E-state index contributed by atoms with van der Waals surface area (Å²) >= 11 is 31.2. The van der Waals surface area contributed by atoms with Crippen molar-refractivity contribution < 1.29 is 37.2 Å². The second kappa shape index (κ2) is 28.4. The molecule has 8 aromatic rings. The van der Waals surface area contributed by atoms with E-state index in [0.29, 0.717) is 15.1 Å². The first-order valence-electron chi connectivity index (χ1n) is 26.9. The van der Waals surface area contributed by atoms with Gasteiger partial charge in [0.1, 0.15) is 0 Å². The zero-order chi connectivity index (χ0) is 60.2. The fraction of sp³-hybridized carbons (Fsp3) is 0.438. The van der Waals surface area contributed by atoms with Crippen molar-refractivity contribution in [2.45, 2.75) is 185 Å². The van der Waals surface area contributed by atoms with Crippen LogP contribution in [0.2, 0.25) is 20.1 Å². The molecule has 0 atom stereocenters. The quantitative estimate of drug-likeness (QED) is 0.156. The van der Waals surface area contributed by atoms with E-state index in [0.717, 1.165) is 68.5 Å². The topological polar surface area (TPSA) is 125 Å². The summed E-state index contributed by atoms with van der Waals surface area (Å²) in [6.45, 7) is 32.5. The highest BCUT2D eigenvalue weighted by molar-refractivity contribution is 9.11. The summed E-state index contributed by atoms with van der Waals surface area (Å²) in [6.07, 6.45) is 7.02. The van der Waals surface area contributed by atoms with Crippen LogP contribution in [0.15, 0.2) is 131 Å². The van der Waals surface area contributed by atoms with Crippen molar-refractivity contribution in [1.29, 1.82) is 0 Å². The van der Waals surface area contributed by atoms with E-state index in [1.165, 1.54) is 0 Å². The summed E-state index contributed by atoms with van der Waals surface area (Å²) in [5, 5.41) is 6.76. The van der Waals surface area contributed by atoms with Gasteiger partial charge in [0.25, 0.3) is 0 Å². The molecule has 4 fully saturated rings. The van der Waals surface area contributed by atoms with Crippen molar-refractivity contribution in [3.05, 3.63) is 151 Å². The summed E-state index contributed by atoms with van der Waals surface area (Å²) < 4.78 is 50.1. The molecule has 0 unspecified atom stereocenters. The Labute approximate surface area is 550 Å². The highest BCUT2D eigenvalue weighted by Gasteiger charge is 2.64. The van der Waals surface area contributed by atoms with E-state index in [9.17, 15) is 0 Å². The minimum Gasteiger partial charge on any atom is -0.405 e. The monoisotopic (exact) mass is 1380 g/mol. The SMILES string of the molecule is C.C.C.C.CC1(C)OB(B2OC(C)(C)C(C)(C)O2)OC1(C)C.CC1(C)OB(c2cc(Cl)c3cccnc3c2)OC1(C)C.CC1(C)OB(c2cc(Cl)cc3ncccc23)OC1(C)C.Clc1cc(Br)c2cccnc2c1.Clc1cc(Br)cc2ncccc12. The van der Waals surface area contributed by atoms with E-state index in [1.54, 1.807) is 24.8 Å². The van der Waals surface area contributed by atoms with Gasteiger partial charge in [-0.05, 0) is 207 Å². The third kappa shape index (κ3) is 16.4. The molecule has 12 nitrogen and oxygen atoms in total. The number of hydrogen-bond donors (Lipinski definition) is 0. The summed E-state index contributed by atoms with van der Waals surface area (Å²) in [7, 11) is -1.79. The molecule has 86 heavy (non-hydrogen) atoms. The van der Waals surface area contributed by atoms with Crippen molar-refractivity contribution in [1.82, 2.24) is 19.9 Å². The third-order valence-corrected chi connectivity index (χ3v) is 18.7. The van der Waals surface area contributed by atoms with E-state index < -0.39 is 28.3 Å². The number of aromatic nitrogens is 4. The number of nitrogens with zero attached hydrogens (tertiary/aromatic N) is 4. The van der Waals surface area contributed by atoms with Crippen LogP contribution < -0.4 is 10.9 Å². The van der Waals surface area contributed by atoms with Gasteiger partial charge in [-0.1, -0.05) is 120 Å². The average molecular weight is 1380 g/mol. The van der Waals surface area contributed by atoms with Crippen molar-refractivity contribution in [2.24, 2.45) is 0 Å². The molecular weight excluding hydrogens is 1300 g/mol. The summed E-state index contributed by atoms with van der Waals surface area (Å²) in [5.74, 6) is 0. The van der Waals surface area contributed by atoms with E-state index in [4.69, 9.17) is 83.6 Å². The molecule has 4 aromatic heterocycles. The normalized spacial score (nSPS) is 19.2. The third-order valence-electron chi connectivity index (χ3n) is 16.5. The minimum atomic E-state index is -0.476. The van der Waals surface area contributed by atoms with Gasteiger partial charge in [-0.25, -0.2) is 0 Å². The molecule has 4 aliphatic rings. The largest absolute Gasteiger partial charge is 0.495 e. The van der Waals surface area contributed by atoms with Gasteiger partial charge in [0.15, 0.2) is 0 Å². The van der Waals surface area contributed by atoms with Crippen LogP contribution >= 0.6 is 78.3 Å². The van der Waals surface area contributed by atoms with Gasteiger partial charge in [-0.2, -0.15) is 0 Å². The molecule has 0 saturated carbocycles. The zero-order valence-electron chi connectivity index (χ0n) is 49.2. The standard InChI is InChI=1S/2C15H17BClNO2.C12H24B2O4.2C9H5BrClN.4CH4/c1-14(2)15(3,4)20-16(19-14)12-8-10(17)9-13-11(12)6-5-7-18-13;1-14(2)15(3,4)20-16(19-14)10-8-12(17)11-6-5-7-18-13(11)9-10;1-9(2)10(3,4)16-13(15-9)14-17-11(5,6)12(7,8)18-14;10-8-4-6(11)5-9-7(8)2-1-3-12-9;10-6-4-8(11)7-2-1-3-12-9(7)5-6;;;;/h2*5-9H,1-4H3;1-8H3;2*1-5H;4*1H4. The summed E-state index contributed by atoms with van der Waals surface area (Å²) in [5.41, 5.74) is 2.47. The smallest absolute Gasteiger partial charge is 0.405 e. The number of fused-ring (bicyclic) bond motifs is 4. The molecule has 0 aliphatic carbocycles. The minimum absolute atomic E-state index is 0. The number of hydrogen-bond acceptors (Lipinski definition) is 12. The molecule has 0 bridgehead atoms. The first-order valence-corrected chi connectivity index (χ1v) is 30.0. The molecule has 4 aromatic carbocycles. The fourth-order valence-corrected chi connectivity index (χ4v) is 11.1. The fourth-order valence-electron chi connectivity index (χ4n) is 8.82. The Balaban J connectivity index is 0.000000231. The van der Waals surface area contributed by atoms with Crippen molar-refractivity contribution in [2.75, 3.05) is 0 Å². The summed E-state index contributed by atoms with van der Waals surface area (Å²) in [6, 6.07) is 30.6. The van der Waals surface area contributed by atoms with Crippen LogP contribution in [0.4, 0.5) is 0 Å². The molecule has 462 valence electrons. The van der Waals surface area contributed by atoms with Crippen LogP contribution in [0.25, 0.3) is 43.6 Å². The molecule has 12 rings (SSSR count). The zero-order valence-corrected chi connectivity index (χ0v) is 55.4. The van der Waals surface area contributed by atoms with Crippen LogP contribution in [0.3, 0.4) is 0 Å². The van der Waals surface area contributed by atoms with Crippen molar-refractivity contribution >= 4 is 161 Å². The Morgan fingerprint density at radius 3 is 1.08 bits per heavy atom. The first kappa shape index (κ1) is 75.0. The van der Waals surface area contributed by atoms with Gasteiger partial charge in [0.2, 0.25) is 0 Å². The maximum absolute atomic E-state index is 6.33. The van der Waals surface area contributed by atoms with E-state index in [1.807, 2.05) is 208 Å². The van der Waals surface area contributed by atoms with Crippen LogP contribution in [-0.2, 0) is 37.2 Å². The molecule has 0 N–H and O–H groups in total. The lowest BCUT2D eigenvalue weighted by atomic mass is 9.49. The van der Waals surface area contributed by atoms with Gasteiger partial charge in [0.05, 0.1) is 71.9 Å². The van der Waals surface area contributed by atoms with Gasteiger partial charge in [-0.15, -0.1) is 0 Å². The Bertz CT molecular complexity index is 3450. The highest BCUT2D eigenvalue weighted by Crippen LogP contribution is 2.44. The molecular formula is C64H84B4Br2Cl4N4O8. The maximum Gasteiger partial charge on any atom is 0.495 e. The van der Waals surface area contributed by atoms with E-state index in [2.05, 4.69) is 51.8 Å². The van der Waals surface area contributed by atoms with Crippen LogP contribution in [-0.4, -0.2) is 93.0 Å². The lowest BCUT2D eigenvalue weighted by Crippen LogP contribution is -2.41. The Morgan fingerprint density at radius 1 is 0.349 bits per heavy atom. The molecule has 0 amide bonds. The van der Waals surface area contributed by atoms with Crippen LogP contribution in [0.1, 0.15) is 140 Å². The lowest BCUT2D eigenvalue weighted by molar-refractivity contribution is 0.00578. The van der Waals surface area contributed by atoms with Crippen molar-refractivity contribution in [3.8, 4) is 0 Å². The van der Waals surface area contributed by atoms with Gasteiger partial charge in [0, 0.05) is 70.3 Å². The molecule has 22 heteroatoms. The predicted molar refractivity (Wildman–Crippen MR) is 373 cm³/mol. The number of benzene rings is 4.